The molecule has 1 fully saturated rings. The average molecular weight is 514 g/mol. The minimum atomic E-state index is -0.720. The van der Waals surface area contributed by atoms with Crippen molar-refractivity contribution in [3.05, 3.63) is 28.8 Å². The summed E-state index contributed by atoms with van der Waals surface area (Å²) in [5.41, 5.74) is 1.02. The number of ether oxygens (including phenoxy) is 1. The standard InChI is InChI=1S/C18H28ClN3O2S.HI/c1-4-25(23)16-7-5-6-15(11-16)22-18(20-2)21-12-13-8-9-14(19)10-17(13)24-3;/h8-10,15-16H,4-7,11-12H2,1-3H3,(H2,20,21,22);1H. The van der Waals surface area contributed by atoms with E-state index in [0.29, 0.717) is 22.9 Å². The van der Waals surface area contributed by atoms with Gasteiger partial charge < -0.3 is 15.4 Å². The maximum Gasteiger partial charge on any atom is 0.191 e. The zero-order chi connectivity index (χ0) is 18.2. The fraction of sp³-hybridized carbons (Fsp3) is 0.611. The van der Waals surface area contributed by atoms with Gasteiger partial charge in [0.05, 0.1) is 7.11 Å². The summed E-state index contributed by atoms with van der Waals surface area (Å²) in [6.07, 6.45) is 4.19. The van der Waals surface area contributed by atoms with Crippen molar-refractivity contribution < 1.29 is 8.95 Å². The first-order chi connectivity index (χ1) is 12.1. The average Bonchev–Trinajstić information content (AvgIpc) is 2.65. The molecule has 0 aromatic heterocycles. The van der Waals surface area contributed by atoms with Crippen LogP contribution in [0.15, 0.2) is 23.2 Å². The minimum Gasteiger partial charge on any atom is -0.496 e. The highest BCUT2D eigenvalue weighted by Crippen LogP contribution is 2.24. The molecule has 3 unspecified atom stereocenters. The van der Waals surface area contributed by atoms with Gasteiger partial charge in [-0.3, -0.25) is 9.20 Å². The molecule has 1 aliphatic carbocycles. The predicted octanol–water partition coefficient (Wildman–Crippen LogP) is 3.71. The number of hydrogen-bond donors (Lipinski definition) is 2. The van der Waals surface area contributed by atoms with Crippen LogP contribution in [0.1, 0.15) is 38.2 Å². The van der Waals surface area contributed by atoms with Crippen LogP contribution in [0.3, 0.4) is 0 Å². The van der Waals surface area contributed by atoms with E-state index in [1.165, 1.54) is 0 Å². The van der Waals surface area contributed by atoms with E-state index in [9.17, 15) is 4.21 Å². The highest BCUT2D eigenvalue weighted by molar-refractivity contribution is 14.0. The molecule has 8 heteroatoms. The molecule has 0 heterocycles. The number of aliphatic imine (C=N–C) groups is 1. The fourth-order valence-corrected chi connectivity index (χ4v) is 4.69. The molecule has 0 radical (unpaired) electrons. The van der Waals surface area contributed by atoms with Crippen LogP contribution in [0.5, 0.6) is 5.75 Å². The van der Waals surface area contributed by atoms with Crippen molar-refractivity contribution in [2.75, 3.05) is 19.9 Å². The Morgan fingerprint density at radius 1 is 1.42 bits per heavy atom. The summed E-state index contributed by atoms with van der Waals surface area (Å²) in [5, 5.41) is 7.75. The Hall–Kier alpha value is -0.540. The van der Waals surface area contributed by atoms with Gasteiger partial charge in [0, 0.05) is 52.0 Å². The normalized spacial score (nSPS) is 21.5. The van der Waals surface area contributed by atoms with E-state index < -0.39 is 10.8 Å². The molecule has 0 spiro atoms. The highest BCUT2D eigenvalue weighted by atomic mass is 127. The molecule has 1 aliphatic rings. The van der Waals surface area contributed by atoms with E-state index in [2.05, 4.69) is 15.6 Å². The first kappa shape index (κ1) is 23.5. The van der Waals surface area contributed by atoms with E-state index >= 15 is 0 Å². The van der Waals surface area contributed by atoms with Crippen LogP contribution in [0.25, 0.3) is 0 Å². The van der Waals surface area contributed by atoms with E-state index in [1.807, 2.05) is 19.1 Å². The Bertz CT molecular complexity index is 630. The Labute approximate surface area is 181 Å². The zero-order valence-electron chi connectivity index (χ0n) is 15.6. The van der Waals surface area contributed by atoms with Crippen molar-refractivity contribution >= 4 is 52.3 Å². The molecule has 0 saturated heterocycles. The van der Waals surface area contributed by atoms with Gasteiger partial charge in [0.1, 0.15) is 5.75 Å². The molecule has 0 amide bonds. The van der Waals surface area contributed by atoms with Gasteiger partial charge in [0.2, 0.25) is 0 Å². The van der Waals surface area contributed by atoms with Gasteiger partial charge in [0.25, 0.3) is 0 Å². The molecule has 1 aromatic carbocycles. The van der Waals surface area contributed by atoms with Crippen LogP contribution in [0, 0.1) is 0 Å². The topological polar surface area (TPSA) is 62.7 Å². The number of rotatable bonds is 6. The molecule has 1 aromatic rings. The van der Waals surface area contributed by atoms with Crippen LogP contribution >= 0.6 is 35.6 Å². The summed E-state index contributed by atoms with van der Waals surface area (Å²) in [4.78, 5) is 4.31. The molecule has 5 nitrogen and oxygen atoms in total. The smallest absolute Gasteiger partial charge is 0.191 e. The molecule has 0 bridgehead atoms. The second-order valence-electron chi connectivity index (χ2n) is 6.18. The lowest BCUT2D eigenvalue weighted by molar-refractivity contribution is 0.407. The van der Waals surface area contributed by atoms with Gasteiger partial charge in [-0.25, -0.2) is 0 Å². The molecular formula is C18H29ClIN3O2S. The second kappa shape index (κ2) is 12.0. The summed E-state index contributed by atoms with van der Waals surface area (Å²) in [5.74, 6) is 2.25. The Morgan fingerprint density at radius 3 is 2.85 bits per heavy atom. The van der Waals surface area contributed by atoms with Crippen molar-refractivity contribution in [3.8, 4) is 5.75 Å². The Morgan fingerprint density at radius 2 is 2.19 bits per heavy atom. The largest absolute Gasteiger partial charge is 0.496 e. The maximum absolute atomic E-state index is 12.1. The predicted molar refractivity (Wildman–Crippen MR) is 121 cm³/mol. The lowest BCUT2D eigenvalue weighted by atomic mass is 9.95. The van der Waals surface area contributed by atoms with Crippen LogP contribution < -0.4 is 15.4 Å². The molecule has 2 rings (SSSR count). The van der Waals surface area contributed by atoms with E-state index in [4.69, 9.17) is 16.3 Å². The van der Waals surface area contributed by atoms with Gasteiger partial charge in [-0.05, 0) is 31.4 Å². The Balaban J connectivity index is 0.00000338. The number of halogens is 2. The van der Waals surface area contributed by atoms with Crippen LogP contribution in [0.4, 0.5) is 0 Å². The molecule has 0 aliphatic heterocycles. The molecule has 26 heavy (non-hydrogen) atoms. The molecular weight excluding hydrogens is 485 g/mol. The third kappa shape index (κ3) is 6.88. The highest BCUT2D eigenvalue weighted by Gasteiger charge is 2.26. The fourth-order valence-electron chi connectivity index (χ4n) is 3.18. The Kier molecular flexibility index (Phi) is 10.9. The molecule has 3 atom stereocenters. The number of guanidine groups is 1. The van der Waals surface area contributed by atoms with Crippen molar-refractivity contribution in [3.63, 3.8) is 0 Å². The quantitative estimate of drug-likeness (QED) is 0.346. The summed E-state index contributed by atoms with van der Waals surface area (Å²) in [7, 11) is 2.68. The van der Waals surface area contributed by atoms with Crippen molar-refractivity contribution in [2.24, 2.45) is 4.99 Å². The van der Waals surface area contributed by atoms with E-state index in [0.717, 1.165) is 48.7 Å². The number of nitrogens with one attached hydrogen (secondary N) is 2. The van der Waals surface area contributed by atoms with Crippen LogP contribution in [0.2, 0.25) is 5.02 Å². The van der Waals surface area contributed by atoms with Gasteiger partial charge >= 0.3 is 0 Å². The third-order valence-electron chi connectivity index (χ3n) is 4.54. The minimum absolute atomic E-state index is 0. The summed E-state index contributed by atoms with van der Waals surface area (Å²) in [6.45, 7) is 2.59. The van der Waals surface area contributed by atoms with Crippen LogP contribution in [-0.4, -0.2) is 41.4 Å². The van der Waals surface area contributed by atoms with Crippen molar-refractivity contribution in [2.45, 2.75) is 50.4 Å². The van der Waals surface area contributed by atoms with Gasteiger partial charge in [-0.2, -0.15) is 0 Å². The lowest BCUT2D eigenvalue weighted by Crippen LogP contribution is -2.46. The SMILES string of the molecule is CCS(=O)C1CCCC(NC(=NC)NCc2ccc(Cl)cc2OC)C1.I. The van der Waals surface area contributed by atoms with Crippen molar-refractivity contribution in [1.29, 1.82) is 0 Å². The number of nitrogens with zero attached hydrogens (tertiary/aromatic N) is 1. The number of methoxy groups -OCH3 is 1. The maximum atomic E-state index is 12.1. The van der Waals surface area contributed by atoms with E-state index in [-0.39, 0.29) is 24.0 Å². The van der Waals surface area contributed by atoms with Gasteiger partial charge in [-0.1, -0.05) is 31.0 Å². The van der Waals surface area contributed by atoms with E-state index in [1.54, 1.807) is 20.2 Å². The summed E-state index contributed by atoms with van der Waals surface area (Å²) in [6, 6.07) is 5.92. The third-order valence-corrected chi connectivity index (χ3v) is 6.52. The first-order valence-corrected chi connectivity index (χ1v) is 10.5. The monoisotopic (exact) mass is 513 g/mol. The molecule has 148 valence electrons. The number of benzene rings is 1. The molecule has 2 N–H and O–H groups in total. The van der Waals surface area contributed by atoms with Crippen LogP contribution in [-0.2, 0) is 17.3 Å². The molecule has 1 saturated carbocycles. The first-order valence-electron chi connectivity index (χ1n) is 8.74. The van der Waals surface area contributed by atoms with Crippen molar-refractivity contribution in [1.82, 2.24) is 10.6 Å². The lowest BCUT2D eigenvalue weighted by Gasteiger charge is -2.30. The second-order valence-corrected chi connectivity index (χ2v) is 8.62. The summed E-state index contributed by atoms with van der Waals surface area (Å²) >= 11 is 6.00. The number of hydrogen-bond acceptors (Lipinski definition) is 3. The van der Waals surface area contributed by atoms with Gasteiger partial charge in [0.15, 0.2) is 5.96 Å². The summed E-state index contributed by atoms with van der Waals surface area (Å²) < 4.78 is 17.5. The van der Waals surface area contributed by atoms with Gasteiger partial charge in [-0.15, -0.1) is 24.0 Å². The zero-order valence-corrected chi connectivity index (χ0v) is 19.5.